The van der Waals surface area contributed by atoms with Gasteiger partial charge in [0, 0.05) is 13.0 Å². The minimum atomic E-state index is 0.0251. The molecule has 1 fully saturated rings. The van der Waals surface area contributed by atoms with E-state index in [4.69, 9.17) is 4.42 Å². The number of anilines is 1. The number of thiophene rings is 1. The molecule has 2 aromatic rings. The van der Waals surface area contributed by atoms with E-state index >= 15 is 0 Å². The highest BCUT2D eigenvalue weighted by Gasteiger charge is 2.33. The Labute approximate surface area is 120 Å². The van der Waals surface area contributed by atoms with Gasteiger partial charge in [-0.2, -0.15) is 12.6 Å². The summed E-state index contributed by atoms with van der Waals surface area (Å²) in [6.07, 6.45) is 0.499. The molecule has 3 rings (SSSR count). The number of hydrogen-bond acceptors (Lipinski definition) is 6. The normalized spacial score (nSPS) is 19.4. The summed E-state index contributed by atoms with van der Waals surface area (Å²) in [5.41, 5.74) is 1.10. The Morgan fingerprint density at radius 1 is 1.58 bits per heavy atom. The second-order valence-corrected chi connectivity index (χ2v) is 5.86. The third-order valence-electron chi connectivity index (χ3n) is 3.16. The van der Waals surface area contributed by atoms with Crippen molar-refractivity contribution < 1.29 is 9.21 Å². The monoisotopic (exact) mass is 295 g/mol. The maximum Gasteiger partial charge on any atom is 0.325 e. The summed E-state index contributed by atoms with van der Waals surface area (Å²) < 4.78 is 5.62. The predicted molar refractivity (Wildman–Crippen MR) is 76.7 cm³/mol. The minimum Gasteiger partial charge on any atom is -0.402 e. The summed E-state index contributed by atoms with van der Waals surface area (Å²) in [4.78, 5) is 14.4. The fraction of sp³-hybridized carbons (Fsp3) is 0.417. The molecule has 1 aliphatic rings. The molecule has 0 saturated carbocycles. The van der Waals surface area contributed by atoms with Crippen molar-refractivity contribution in [2.75, 3.05) is 17.2 Å². The highest BCUT2D eigenvalue weighted by molar-refractivity contribution is 7.80. The van der Waals surface area contributed by atoms with Gasteiger partial charge in [-0.3, -0.25) is 9.69 Å². The van der Waals surface area contributed by atoms with Crippen molar-refractivity contribution in [3.8, 4) is 10.8 Å². The van der Waals surface area contributed by atoms with Crippen molar-refractivity contribution in [1.29, 1.82) is 0 Å². The van der Waals surface area contributed by atoms with E-state index in [1.165, 1.54) is 0 Å². The van der Waals surface area contributed by atoms with Crippen molar-refractivity contribution >= 4 is 35.9 Å². The molecule has 100 valence electrons. The van der Waals surface area contributed by atoms with Crippen molar-refractivity contribution in [1.82, 2.24) is 10.2 Å². The zero-order chi connectivity index (χ0) is 13.4. The number of aromatic nitrogens is 2. The lowest BCUT2D eigenvalue weighted by Gasteiger charge is -2.09. The summed E-state index contributed by atoms with van der Waals surface area (Å²) >= 11 is 5.79. The van der Waals surface area contributed by atoms with Crippen LogP contribution < -0.4 is 4.90 Å². The van der Waals surface area contributed by atoms with Crippen molar-refractivity contribution in [3.05, 3.63) is 17.0 Å². The lowest BCUT2D eigenvalue weighted by molar-refractivity contribution is -0.117. The predicted octanol–water partition coefficient (Wildman–Crippen LogP) is 2.39. The molecular weight excluding hydrogens is 282 g/mol. The van der Waals surface area contributed by atoms with Crippen LogP contribution in [0.2, 0.25) is 0 Å². The molecule has 1 saturated heterocycles. The van der Waals surface area contributed by atoms with Crippen LogP contribution in [-0.4, -0.2) is 28.4 Å². The molecule has 5 nitrogen and oxygen atoms in total. The van der Waals surface area contributed by atoms with E-state index in [9.17, 15) is 4.79 Å². The van der Waals surface area contributed by atoms with Gasteiger partial charge in [0.2, 0.25) is 5.91 Å². The van der Waals surface area contributed by atoms with Gasteiger partial charge in [-0.1, -0.05) is 5.10 Å². The second kappa shape index (κ2) is 4.97. The van der Waals surface area contributed by atoms with E-state index in [-0.39, 0.29) is 17.8 Å². The number of hydrogen-bond donors (Lipinski definition) is 1. The van der Waals surface area contributed by atoms with E-state index in [0.717, 1.165) is 10.4 Å². The number of rotatable bonds is 3. The molecule has 0 bridgehead atoms. The van der Waals surface area contributed by atoms with Crippen LogP contribution in [0.4, 0.5) is 6.01 Å². The summed E-state index contributed by atoms with van der Waals surface area (Å²) in [5.74, 6) is 1.45. The summed E-state index contributed by atoms with van der Waals surface area (Å²) in [7, 11) is 0. The molecule has 0 spiro atoms. The number of carbonyl (C=O) groups excluding carboxylic acids is 1. The molecule has 0 N–H and O–H groups in total. The SMILES string of the molecule is Cc1ccsc1-c1nnc(N2CC(CS)CC2=O)o1. The van der Waals surface area contributed by atoms with E-state index in [0.29, 0.717) is 24.6 Å². The van der Waals surface area contributed by atoms with Gasteiger partial charge in [0.05, 0.1) is 4.88 Å². The Morgan fingerprint density at radius 2 is 2.42 bits per heavy atom. The van der Waals surface area contributed by atoms with E-state index in [1.807, 2.05) is 18.4 Å². The van der Waals surface area contributed by atoms with Gasteiger partial charge in [-0.15, -0.1) is 16.4 Å². The molecule has 1 atom stereocenters. The number of amides is 1. The van der Waals surface area contributed by atoms with Gasteiger partial charge in [0.15, 0.2) is 0 Å². The molecule has 7 heteroatoms. The van der Waals surface area contributed by atoms with Gasteiger partial charge < -0.3 is 4.42 Å². The van der Waals surface area contributed by atoms with Gasteiger partial charge >= 0.3 is 6.01 Å². The molecule has 1 amide bonds. The Morgan fingerprint density at radius 3 is 3.05 bits per heavy atom. The maximum absolute atomic E-state index is 11.9. The summed E-state index contributed by atoms with van der Waals surface area (Å²) in [6, 6.07) is 2.29. The van der Waals surface area contributed by atoms with Crippen LogP contribution in [0, 0.1) is 12.8 Å². The quantitative estimate of drug-likeness (QED) is 0.883. The Balaban J connectivity index is 1.86. The van der Waals surface area contributed by atoms with Gasteiger partial charge in [0.1, 0.15) is 0 Å². The molecule has 19 heavy (non-hydrogen) atoms. The Hall–Kier alpha value is -1.34. The molecule has 0 aromatic carbocycles. The fourth-order valence-electron chi connectivity index (χ4n) is 2.10. The lowest BCUT2D eigenvalue weighted by atomic mass is 10.1. The van der Waals surface area contributed by atoms with Crippen LogP contribution in [0.15, 0.2) is 15.9 Å². The summed E-state index contributed by atoms with van der Waals surface area (Å²) in [6.45, 7) is 2.60. The first-order valence-electron chi connectivity index (χ1n) is 5.98. The smallest absolute Gasteiger partial charge is 0.325 e. The van der Waals surface area contributed by atoms with Crippen LogP contribution in [0.1, 0.15) is 12.0 Å². The van der Waals surface area contributed by atoms with E-state index < -0.39 is 0 Å². The van der Waals surface area contributed by atoms with Crippen LogP contribution in [-0.2, 0) is 4.79 Å². The summed E-state index contributed by atoms with van der Waals surface area (Å²) in [5, 5.41) is 9.99. The average Bonchev–Trinajstić information content (AvgIpc) is 3.07. The van der Waals surface area contributed by atoms with Gasteiger partial charge in [0.25, 0.3) is 5.89 Å². The van der Waals surface area contributed by atoms with Gasteiger partial charge in [-0.25, -0.2) is 0 Å². The van der Waals surface area contributed by atoms with E-state index in [2.05, 4.69) is 22.8 Å². The molecule has 0 aliphatic carbocycles. The van der Waals surface area contributed by atoms with Crippen LogP contribution in [0.3, 0.4) is 0 Å². The molecular formula is C12H13N3O2S2. The Bertz CT molecular complexity index is 608. The number of nitrogens with zero attached hydrogens (tertiary/aromatic N) is 3. The number of carbonyl (C=O) groups is 1. The number of thiol groups is 1. The first-order valence-corrected chi connectivity index (χ1v) is 7.49. The second-order valence-electron chi connectivity index (χ2n) is 4.58. The zero-order valence-electron chi connectivity index (χ0n) is 10.4. The highest BCUT2D eigenvalue weighted by Crippen LogP contribution is 2.31. The zero-order valence-corrected chi connectivity index (χ0v) is 12.1. The van der Waals surface area contributed by atoms with Crippen LogP contribution in [0.5, 0.6) is 0 Å². The van der Waals surface area contributed by atoms with Crippen LogP contribution in [0.25, 0.3) is 10.8 Å². The van der Waals surface area contributed by atoms with Gasteiger partial charge in [-0.05, 0) is 35.6 Å². The topological polar surface area (TPSA) is 59.2 Å². The Kier molecular flexibility index (Phi) is 3.32. The lowest BCUT2D eigenvalue weighted by Crippen LogP contribution is -2.24. The highest BCUT2D eigenvalue weighted by atomic mass is 32.1. The standard InChI is InChI=1S/C12H13N3O2S2/c1-7-2-3-19-10(7)11-13-14-12(17-11)15-5-8(6-18)4-9(15)16/h2-3,8,18H,4-6H2,1H3. The largest absolute Gasteiger partial charge is 0.402 e. The van der Waals surface area contributed by atoms with E-state index in [1.54, 1.807) is 16.2 Å². The molecule has 1 unspecified atom stereocenters. The van der Waals surface area contributed by atoms with Crippen molar-refractivity contribution in [2.24, 2.45) is 5.92 Å². The first-order chi connectivity index (χ1) is 9.19. The minimum absolute atomic E-state index is 0.0251. The third-order valence-corrected chi connectivity index (χ3v) is 4.69. The number of aryl methyl sites for hydroxylation is 1. The molecule has 0 radical (unpaired) electrons. The molecule has 2 aromatic heterocycles. The average molecular weight is 295 g/mol. The maximum atomic E-state index is 11.9. The molecule has 3 heterocycles. The first kappa shape index (κ1) is 12.7. The molecule has 1 aliphatic heterocycles. The third kappa shape index (κ3) is 2.28. The van der Waals surface area contributed by atoms with Crippen molar-refractivity contribution in [2.45, 2.75) is 13.3 Å². The fourth-order valence-corrected chi connectivity index (χ4v) is 3.19. The van der Waals surface area contributed by atoms with Crippen LogP contribution >= 0.6 is 24.0 Å². The van der Waals surface area contributed by atoms with Crippen molar-refractivity contribution in [3.63, 3.8) is 0 Å².